The Balaban J connectivity index is 0.00000196. The minimum atomic E-state index is -0.0383. The Hall–Kier alpha value is -2.15. The lowest BCUT2D eigenvalue weighted by Gasteiger charge is -2.13. The molecule has 6 heteroatoms. The van der Waals surface area contributed by atoms with Gasteiger partial charge in [-0.1, -0.05) is 19.6 Å². The maximum Gasteiger partial charge on any atom is 0.266 e. The lowest BCUT2D eigenvalue weighted by Crippen LogP contribution is -2.26. The van der Waals surface area contributed by atoms with Gasteiger partial charge in [0.2, 0.25) is 0 Å². The molecule has 4 rings (SSSR count). The van der Waals surface area contributed by atoms with Crippen LogP contribution in [0.15, 0.2) is 34.4 Å². The number of hydrogen-bond donors (Lipinski definition) is 2. The van der Waals surface area contributed by atoms with Crippen LogP contribution in [-0.2, 0) is 0 Å². The summed E-state index contributed by atoms with van der Waals surface area (Å²) in [6.45, 7) is 2.85. The highest BCUT2D eigenvalue weighted by molar-refractivity contribution is 7.17. The zero-order valence-corrected chi connectivity index (χ0v) is 14.9. The highest BCUT2D eigenvalue weighted by Gasteiger charge is 2.17. The molecule has 1 unspecified atom stereocenters. The van der Waals surface area contributed by atoms with Crippen molar-refractivity contribution in [1.82, 2.24) is 9.88 Å². The summed E-state index contributed by atoms with van der Waals surface area (Å²) in [5.74, 6) is 0.807. The summed E-state index contributed by atoms with van der Waals surface area (Å²) in [4.78, 5) is 17.6. The number of aromatic nitrogens is 1. The van der Waals surface area contributed by atoms with Crippen LogP contribution in [0.5, 0.6) is 5.75 Å². The predicted octanol–water partition coefficient (Wildman–Crippen LogP) is 3.43. The third-order valence-electron chi connectivity index (χ3n) is 4.77. The molecule has 0 bridgehead atoms. The number of rotatable bonds is 4. The maximum absolute atomic E-state index is 12.2. The molecule has 3 aromatic rings. The number of hydrogen-bond acceptors (Lipinski definition) is 5. The molecule has 0 amide bonds. The van der Waals surface area contributed by atoms with E-state index in [9.17, 15) is 4.79 Å². The van der Waals surface area contributed by atoms with E-state index in [1.807, 2.05) is 23.6 Å². The lowest BCUT2D eigenvalue weighted by molar-refractivity contribution is 0.372. The molecule has 1 aromatic carbocycles. The third-order valence-corrected chi connectivity index (χ3v) is 5.68. The number of thiophene rings is 1. The van der Waals surface area contributed by atoms with E-state index >= 15 is 0 Å². The van der Waals surface area contributed by atoms with Crippen molar-refractivity contribution in [3.8, 4) is 5.75 Å². The highest BCUT2D eigenvalue weighted by atomic mass is 32.1. The lowest BCUT2D eigenvalue weighted by atomic mass is 10.0. The predicted molar refractivity (Wildman–Crippen MR) is 111 cm³/mol. The van der Waals surface area contributed by atoms with Crippen LogP contribution >= 0.6 is 11.3 Å². The van der Waals surface area contributed by atoms with Gasteiger partial charge in [-0.2, -0.15) is 0 Å². The molecule has 26 heavy (non-hydrogen) atoms. The topological polar surface area (TPSA) is 71.4 Å². The van der Waals surface area contributed by atoms with Crippen molar-refractivity contribution in [1.29, 1.82) is 0 Å². The summed E-state index contributed by atoms with van der Waals surface area (Å²) >= 11 is 1.46. The van der Waals surface area contributed by atoms with Crippen LogP contribution in [0, 0.1) is 0 Å². The number of ether oxygens (including phenoxy) is 1. The van der Waals surface area contributed by atoms with Gasteiger partial charge in [0.25, 0.3) is 5.56 Å². The minimum absolute atomic E-state index is 0. The Morgan fingerprint density at radius 1 is 1.42 bits per heavy atom. The average Bonchev–Trinajstić information content (AvgIpc) is 3.24. The Bertz CT molecular complexity index is 1010. The minimum Gasteiger partial charge on any atom is -0.496 e. The fourth-order valence-corrected chi connectivity index (χ4v) is 4.34. The van der Waals surface area contributed by atoms with Crippen LogP contribution in [-0.4, -0.2) is 42.7 Å². The van der Waals surface area contributed by atoms with Crippen molar-refractivity contribution in [3.05, 3.63) is 45.6 Å². The number of H-pyrrole nitrogens is 1. The van der Waals surface area contributed by atoms with E-state index in [0.29, 0.717) is 0 Å². The van der Waals surface area contributed by atoms with E-state index in [0.717, 1.165) is 58.4 Å². The summed E-state index contributed by atoms with van der Waals surface area (Å²) in [6, 6.07) is 6.11. The van der Waals surface area contributed by atoms with Gasteiger partial charge in [-0.15, -0.1) is 11.3 Å². The first-order chi connectivity index (χ1) is 12.2. The Morgan fingerprint density at radius 3 is 3.00 bits per heavy atom. The molecular formula is C20H25N3O2S. The first-order valence-corrected chi connectivity index (χ1v) is 9.30. The molecule has 1 aliphatic rings. The molecule has 2 aromatic heterocycles. The van der Waals surface area contributed by atoms with Crippen molar-refractivity contribution in [2.24, 2.45) is 5.73 Å². The summed E-state index contributed by atoms with van der Waals surface area (Å²) < 4.78 is 6.33. The second kappa shape index (κ2) is 7.61. The van der Waals surface area contributed by atoms with Crippen LogP contribution in [0.1, 0.15) is 19.4 Å². The van der Waals surface area contributed by atoms with Gasteiger partial charge in [-0.05, 0) is 30.0 Å². The number of aromatic amines is 1. The SMILES string of the molecule is C.COc1ccc2[nH]c(=O)c3sccc3c2c1/C=C/CN1CCC(N)C1. The molecule has 1 atom stereocenters. The monoisotopic (exact) mass is 371 g/mol. The summed E-state index contributed by atoms with van der Waals surface area (Å²) in [6.07, 6.45) is 5.31. The van der Waals surface area contributed by atoms with Gasteiger partial charge in [-0.3, -0.25) is 9.69 Å². The summed E-state index contributed by atoms with van der Waals surface area (Å²) in [7, 11) is 1.68. The van der Waals surface area contributed by atoms with Crippen molar-refractivity contribution >= 4 is 38.4 Å². The Kier molecular flexibility index (Phi) is 5.46. The fraction of sp³-hybridized carbons (Fsp3) is 0.350. The average molecular weight is 372 g/mol. The van der Waals surface area contributed by atoms with Gasteiger partial charge in [0.15, 0.2) is 0 Å². The molecule has 3 N–H and O–H groups in total. The maximum atomic E-state index is 12.2. The zero-order chi connectivity index (χ0) is 17.4. The van der Waals surface area contributed by atoms with E-state index in [1.54, 1.807) is 7.11 Å². The summed E-state index contributed by atoms with van der Waals surface area (Å²) in [5.41, 5.74) is 7.77. The largest absolute Gasteiger partial charge is 0.496 e. The van der Waals surface area contributed by atoms with Crippen LogP contribution < -0.4 is 16.0 Å². The zero-order valence-electron chi connectivity index (χ0n) is 14.1. The number of nitrogens with zero attached hydrogens (tertiary/aromatic N) is 1. The molecule has 0 spiro atoms. The normalized spacial score (nSPS) is 18.0. The van der Waals surface area contributed by atoms with Crippen molar-refractivity contribution in [2.45, 2.75) is 19.9 Å². The molecular weight excluding hydrogens is 346 g/mol. The number of benzene rings is 1. The van der Waals surface area contributed by atoms with Gasteiger partial charge in [-0.25, -0.2) is 0 Å². The molecule has 138 valence electrons. The van der Waals surface area contributed by atoms with Gasteiger partial charge >= 0.3 is 0 Å². The van der Waals surface area contributed by atoms with Crippen molar-refractivity contribution in [3.63, 3.8) is 0 Å². The number of methoxy groups -OCH3 is 1. The molecule has 0 radical (unpaired) electrons. The van der Waals surface area contributed by atoms with Crippen LogP contribution in [0.25, 0.3) is 27.1 Å². The second-order valence-electron chi connectivity index (χ2n) is 6.43. The fourth-order valence-electron chi connectivity index (χ4n) is 3.55. The van der Waals surface area contributed by atoms with Gasteiger partial charge < -0.3 is 15.5 Å². The number of nitrogens with two attached hydrogens (primary N) is 1. The number of nitrogens with one attached hydrogen (secondary N) is 1. The van der Waals surface area contributed by atoms with Crippen molar-refractivity contribution in [2.75, 3.05) is 26.7 Å². The van der Waals surface area contributed by atoms with Crippen LogP contribution in [0.3, 0.4) is 0 Å². The van der Waals surface area contributed by atoms with Crippen LogP contribution in [0.4, 0.5) is 0 Å². The van der Waals surface area contributed by atoms with Gasteiger partial charge in [0.1, 0.15) is 10.4 Å². The first kappa shape index (κ1) is 18.6. The summed E-state index contributed by atoms with van der Waals surface area (Å²) in [5, 5.41) is 3.97. The number of pyridine rings is 1. The molecule has 1 saturated heterocycles. The molecule has 1 aliphatic heterocycles. The van der Waals surface area contributed by atoms with E-state index in [4.69, 9.17) is 10.5 Å². The highest BCUT2D eigenvalue weighted by Crippen LogP contribution is 2.34. The Morgan fingerprint density at radius 2 is 2.27 bits per heavy atom. The van der Waals surface area contributed by atoms with Crippen LogP contribution in [0.2, 0.25) is 0 Å². The molecule has 0 saturated carbocycles. The molecule has 0 aliphatic carbocycles. The standard InChI is InChI=1S/C19H21N3O2S.CH4/c1-24-16-5-4-15-17(14-7-10-25-18(14)19(23)21-15)13(16)3-2-8-22-9-6-12(20)11-22;/h2-5,7,10,12H,6,8-9,11,20H2,1H3,(H,21,23);1H4/b3-2+;. The second-order valence-corrected chi connectivity index (χ2v) is 7.35. The number of fused-ring (bicyclic) bond motifs is 3. The van der Waals surface area contributed by atoms with Crippen molar-refractivity contribution < 1.29 is 4.74 Å². The third kappa shape index (κ3) is 3.28. The van der Waals surface area contributed by atoms with Gasteiger partial charge in [0.05, 0.1) is 7.11 Å². The van der Waals surface area contributed by atoms with E-state index in [-0.39, 0.29) is 19.0 Å². The smallest absolute Gasteiger partial charge is 0.266 e. The van der Waals surface area contributed by atoms with Gasteiger partial charge in [0, 0.05) is 47.5 Å². The molecule has 5 nitrogen and oxygen atoms in total. The Labute approximate surface area is 157 Å². The van der Waals surface area contributed by atoms with E-state index in [1.165, 1.54) is 11.3 Å². The molecule has 1 fully saturated rings. The number of likely N-dealkylation sites (tertiary alicyclic amines) is 1. The first-order valence-electron chi connectivity index (χ1n) is 8.42. The molecule has 3 heterocycles. The quantitative estimate of drug-likeness (QED) is 0.737. The van der Waals surface area contributed by atoms with E-state index in [2.05, 4.69) is 22.0 Å². The van der Waals surface area contributed by atoms with E-state index < -0.39 is 0 Å².